The standard InChI is InChI=1S/C21H21Cl2N3O4/c1-30-9-8-24-21(29)17-7-4-15(11-18(17)23)25-20(28)13-10-19(27)26(12-13)16-5-2-14(22)3-6-16/h2-7,11,13H,8-10,12H2,1H3,(H,24,29)(H,25,28). The van der Waals surface area contributed by atoms with Crippen molar-refractivity contribution >= 4 is 52.3 Å². The molecule has 1 saturated heterocycles. The predicted molar refractivity (Wildman–Crippen MR) is 116 cm³/mol. The molecule has 0 bridgehead atoms. The van der Waals surface area contributed by atoms with Crippen molar-refractivity contribution in [1.29, 1.82) is 0 Å². The monoisotopic (exact) mass is 449 g/mol. The molecule has 2 aromatic carbocycles. The number of methoxy groups -OCH3 is 1. The molecular weight excluding hydrogens is 429 g/mol. The topological polar surface area (TPSA) is 87.7 Å². The fourth-order valence-electron chi connectivity index (χ4n) is 3.14. The van der Waals surface area contributed by atoms with Gasteiger partial charge in [0.2, 0.25) is 11.8 Å². The van der Waals surface area contributed by atoms with E-state index in [2.05, 4.69) is 10.6 Å². The Labute approximate surface area is 184 Å². The molecule has 1 aliphatic heterocycles. The summed E-state index contributed by atoms with van der Waals surface area (Å²) in [6.07, 6.45) is 0.113. The number of carbonyl (C=O) groups excluding carboxylic acids is 3. The summed E-state index contributed by atoms with van der Waals surface area (Å²) in [5, 5.41) is 6.25. The summed E-state index contributed by atoms with van der Waals surface area (Å²) < 4.78 is 4.89. The number of amides is 3. The lowest BCUT2D eigenvalue weighted by Crippen LogP contribution is -2.28. The highest BCUT2D eigenvalue weighted by molar-refractivity contribution is 6.34. The second kappa shape index (κ2) is 9.93. The lowest BCUT2D eigenvalue weighted by atomic mass is 10.1. The van der Waals surface area contributed by atoms with Crippen molar-refractivity contribution in [2.75, 3.05) is 37.0 Å². The molecule has 7 nitrogen and oxygen atoms in total. The molecular formula is C21H21Cl2N3O4. The number of nitrogens with one attached hydrogen (secondary N) is 2. The van der Waals surface area contributed by atoms with Crippen molar-refractivity contribution in [2.24, 2.45) is 5.92 Å². The molecule has 0 saturated carbocycles. The molecule has 1 heterocycles. The number of hydrogen-bond acceptors (Lipinski definition) is 4. The van der Waals surface area contributed by atoms with E-state index < -0.39 is 5.92 Å². The molecule has 0 radical (unpaired) electrons. The predicted octanol–water partition coefficient (Wildman–Crippen LogP) is 3.36. The molecule has 1 fully saturated rings. The first-order chi connectivity index (χ1) is 14.4. The molecule has 1 aliphatic rings. The number of benzene rings is 2. The largest absolute Gasteiger partial charge is 0.383 e. The highest BCUT2D eigenvalue weighted by Gasteiger charge is 2.35. The fourth-order valence-corrected chi connectivity index (χ4v) is 3.53. The maximum absolute atomic E-state index is 12.6. The van der Waals surface area contributed by atoms with E-state index in [1.165, 1.54) is 6.07 Å². The smallest absolute Gasteiger partial charge is 0.252 e. The number of halogens is 2. The Morgan fingerprint density at radius 1 is 1.17 bits per heavy atom. The molecule has 2 N–H and O–H groups in total. The Bertz CT molecular complexity index is 950. The quantitative estimate of drug-likeness (QED) is 0.634. The second-order valence-corrected chi connectivity index (χ2v) is 7.66. The minimum absolute atomic E-state index is 0.113. The normalized spacial score (nSPS) is 15.9. The number of hydrogen-bond donors (Lipinski definition) is 2. The Morgan fingerprint density at radius 3 is 2.57 bits per heavy atom. The van der Waals surface area contributed by atoms with E-state index in [0.717, 1.165) is 0 Å². The van der Waals surface area contributed by atoms with Crippen LogP contribution in [0.2, 0.25) is 10.0 Å². The van der Waals surface area contributed by atoms with Gasteiger partial charge in [-0.1, -0.05) is 23.2 Å². The summed E-state index contributed by atoms with van der Waals surface area (Å²) >= 11 is 12.1. The molecule has 9 heteroatoms. The van der Waals surface area contributed by atoms with Crippen molar-refractivity contribution in [1.82, 2.24) is 5.32 Å². The highest BCUT2D eigenvalue weighted by atomic mass is 35.5. The van der Waals surface area contributed by atoms with Gasteiger partial charge >= 0.3 is 0 Å². The van der Waals surface area contributed by atoms with Crippen LogP contribution < -0.4 is 15.5 Å². The summed E-state index contributed by atoms with van der Waals surface area (Å²) in [5.41, 5.74) is 1.46. The van der Waals surface area contributed by atoms with Crippen molar-refractivity contribution in [3.8, 4) is 0 Å². The first-order valence-corrected chi connectivity index (χ1v) is 10.1. The maximum atomic E-state index is 12.6. The van der Waals surface area contributed by atoms with Crippen LogP contribution in [0.15, 0.2) is 42.5 Å². The zero-order valence-electron chi connectivity index (χ0n) is 16.3. The van der Waals surface area contributed by atoms with Crippen LogP contribution in [0.3, 0.4) is 0 Å². The Balaban J connectivity index is 1.62. The molecule has 2 aromatic rings. The average molecular weight is 450 g/mol. The van der Waals surface area contributed by atoms with Gasteiger partial charge in [-0.3, -0.25) is 14.4 Å². The van der Waals surface area contributed by atoms with E-state index in [-0.39, 0.29) is 35.7 Å². The van der Waals surface area contributed by atoms with Crippen LogP contribution >= 0.6 is 23.2 Å². The van der Waals surface area contributed by atoms with Gasteiger partial charge in [0.15, 0.2) is 0 Å². The van der Waals surface area contributed by atoms with Crippen LogP contribution in [0.1, 0.15) is 16.8 Å². The Hall–Kier alpha value is -2.61. The van der Waals surface area contributed by atoms with E-state index >= 15 is 0 Å². The summed E-state index contributed by atoms with van der Waals surface area (Å²) in [4.78, 5) is 38.7. The van der Waals surface area contributed by atoms with Crippen LogP contribution in [-0.4, -0.2) is 44.5 Å². The lowest BCUT2D eigenvalue weighted by molar-refractivity contribution is -0.122. The molecule has 0 aromatic heterocycles. The third-order valence-corrected chi connectivity index (χ3v) is 5.27. The first kappa shape index (κ1) is 22.1. The van der Waals surface area contributed by atoms with Crippen molar-refractivity contribution in [3.63, 3.8) is 0 Å². The minimum atomic E-state index is -0.496. The van der Waals surface area contributed by atoms with E-state index in [0.29, 0.717) is 35.1 Å². The van der Waals surface area contributed by atoms with Gasteiger partial charge in [-0.05, 0) is 42.5 Å². The van der Waals surface area contributed by atoms with Gasteiger partial charge in [0, 0.05) is 43.0 Å². The Morgan fingerprint density at radius 2 is 1.90 bits per heavy atom. The fraction of sp³-hybridized carbons (Fsp3) is 0.286. The third-order valence-electron chi connectivity index (χ3n) is 4.71. The van der Waals surface area contributed by atoms with E-state index in [4.69, 9.17) is 27.9 Å². The van der Waals surface area contributed by atoms with E-state index in [9.17, 15) is 14.4 Å². The van der Waals surface area contributed by atoms with Crippen LogP contribution in [0.5, 0.6) is 0 Å². The SMILES string of the molecule is COCCNC(=O)c1ccc(NC(=O)C2CC(=O)N(c3ccc(Cl)cc3)C2)cc1Cl. The molecule has 3 amide bonds. The summed E-state index contributed by atoms with van der Waals surface area (Å²) in [7, 11) is 1.54. The van der Waals surface area contributed by atoms with Gasteiger partial charge in [-0.25, -0.2) is 0 Å². The van der Waals surface area contributed by atoms with Crippen LogP contribution in [0.4, 0.5) is 11.4 Å². The maximum Gasteiger partial charge on any atom is 0.252 e. The number of ether oxygens (including phenoxy) is 1. The summed E-state index contributed by atoms with van der Waals surface area (Å²) in [6, 6.07) is 11.5. The van der Waals surface area contributed by atoms with Crippen LogP contribution in [0.25, 0.3) is 0 Å². The van der Waals surface area contributed by atoms with Gasteiger partial charge in [-0.15, -0.1) is 0 Å². The molecule has 158 valence electrons. The molecule has 3 rings (SSSR count). The number of anilines is 2. The first-order valence-electron chi connectivity index (χ1n) is 9.32. The van der Waals surface area contributed by atoms with Crippen molar-refractivity contribution < 1.29 is 19.1 Å². The highest BCUT2D eigenvalue weighted by Crippen LogP contribution is 2.28. The molecule has 0 spiro atoms. The lowest BCUT2D eigenvalue weighted by Gasteiger charge is -2.17. The van der Waals surface area contributed by atoms with Gasteiger partial charge in [-0.2, -0.15) is 0 Å². The number of nitrogens with zero attached hydrogens (tertiary/aromatic N) is 1. The number of rotatable bonds is 7. The van der Waals surface area contributed by atoms with Gasteiger partial charge < -0.3 is 20.3 Å². The average Bonchev–Trinajstić information content (AvgIpc) is 3.10. The van der Waals surface area contributed by atoms with Gasteiger partial charge in [0.25, 0.3) is 5.91 Å². The zero-order valence-corrected chi connectivity index (χ0v) is 17.8. The second-order valence-electron chi connectivity index (χ2n) is 6.81. The molecule has 30 heavy (non-hydrogen) atoms. The van der Waals surface area contributed by atoms with Crippen molar-refractivity contribution in [2.45, 2.75) is 6.42 Å². The van der Waals surface area contributed by atoms with E-state index in [1.807, 2.05) is 0 Å². The molecule has 0 aliphatic carbocycles. The van der Waals surface area contributed by atoms with Crippen LogP contribution in [0, 0.1) is 5.92 Å². The third kappa shape index (κ3) is 5.30. The minimum Gasteiger partial charge on any atom is -0.383 e. The van der Waals surface area contributed by atoms with Gasteiger partial charge in [0.1, 0.15) is 0 Å². The van der Waals surface area contributed by atoms with Gasteiger partial charge in [0.05, 0.1) is 23.1 Å². The molecule has 1 atom stereocenters. The van der Waals surface area contributed by atoms with Crippen LogP contribution in [-0.2, 0) is 14.3 Å². The summed E-state index contributed by atoms with van der Waals surface area (Å²) in [5.74, 6) is -1.23. The summed E-state index contributed by atoms with van der Waals surface area (Å²) in [6.45, 7) is 1.04. The Kier molecular flexibility index (Phi) is 7.31. The van der Waals surface area contributed by atoms with Crippen molar-refractivity contribution in [3.05, 3.63) is 58.1 Å². The zero-order chi connectivity index (χ0) is 21.7. The van der Waals surface area contributed by atoms with E-state index in [1.54, 1.807) is 48.4 Å². The number of carbonyl (C=O) groups is 3. The molecule has 1 unspecified atom stereocenters.